The molecule has 1 heterocycles. The molecule has 2 aromatic rings. The fourth-order valence-electron chi connectivity index (χ4n) is 3.10. The zero-order chi connectivity index (χ0) is 17.9. The highest BCUT2D eigenvalue weighted by atomic mass is 35.5. The third kappa shape index (κ3) is 4.34. The van der Waals surface area contributed by atoms with E-state index in [-0.39, 0.29) is 34.7 Å². The molecule has 0 aliphatic heterocycles. The van der Waals surface area contributed by atoms with E-state index in [1.807, 2.05) is 12.1 Å². The maximum absolute atomic E-state index is 14.0. The Labute approximate surface area is 148 Å². The van der Waals surface area contributed by atoms with Crippen molar-refractivity contribution in [2.24, 2.45) is 11.3 Å². The largest absolute Gasteiger partial charge is 0.396 e. The summed E-state index contributed by atoms with van der Waals surface area (Å²) in [6.45, 7) is 8.59. The molecule has 0 saturated heterocycles. The standard InChI is InChI=1S/C20H25ClFNO/c1-13(16(12-24)20(2,3)4)18-9-8-14(11-23-18)10-15-6-5-7-17(21)19(15)22/h5-9,11,13,16,24H,10,12H2,1-4H3/t13?,16-/m0/s1. The number of hydrogen-bond donors (Lipinski definition) is 1. The van der Waals surface area contributed by atoms with Crippen LogP contribution in [0.3, 0.4) is 0 Å². The van der Waals surface area contributed by atoms with Gasteiger partial charge in [0.25, 0.3) is 0 Å². The summed E-state index contributed by atoms with van der Waals surface area (Å²) in [5, 5.41) is 9.86. The average Bonchev–Trinajstić information content (AvgIpc) is 2.52. The third-order valence-electron chi connectivity index (χ3n) is 4.65. The lowest BCUT2D eigenvalue weighted by atomic mass is 9.73. The Kier molecular flexibility index (Phi) is 6.00. The van der Waals surface area contributed by atoms with E-state index in [4.69, 9.17) is 11.6 Å². The SMILES string of the molecule is CC(c1ccc(Cc2cccc(Cl)c2F)cn1)[C@H](CO)C(C)(C)C. The van der Waals surface area contributed by atoms with Gasteiger partial charge in [-0.3, -0.25) is 4.98 Å². The van der Waals surface area contributed by atoms with Crippen LogP contribution in [0, 0.1) is 17.2 Å². The lowest BCUT2D eigenvalue weighted by Gasteiger charge is -2.33. The van der Waals surface area contributed by atoms with Gasteiger partial charge in [0, 0.05) is 30.8 Å². The molecule has 0 amide bonds. The van der Waals surface area contributed by atoms with Crippen molar-refractivity contribution in [2.75, 3.05) is 6.61 Å². The van der Waals surface area contributed by atoms with Gasteiger partial charge in [0.1, 0.15) is 5.82 Å². The highest BCUT2D eigenvalue weighted by Gasteiger charge is 2.30. The number of halogens is 2. The maximum atomic E-state index is 14.0. The van der Waals surface area contributed by atoms with Crippen LogP contribution in [0.1, 0.15) is 50.4 Å². The molecule has 0 spiro atoms. The molecular formula is C20H25ClFNO. The zero-order valence-corrected chi connectivity index (χ0v) is 15.4. The minimum atomic E-state index is -0.371. The molecule has 2 rings (SSSR count). The van der Waals surface area contributed by atoms with Crippen molar-refractivity contribution in [3.63, 3.8) is 0 Å². The van der Waals surface area contributed by atoms with Crippen LogP contribution in [-0.2, 0) is 6.42 Å². The highest BCUT2D eigenvalue weighted by molar-refractivity contribution is 6.30. The molecule has 24 heavy (non-hydrogen) atoms. The second-order valence-electron chi connectivity index (χ2n) is 7.42. The molecule has 2 nitrogen and oxygen atoms in total. The van der Waals surface area contributed by atoms with Crippen LogP contribution >= 0.6 is 11.6 Å². The van der Waals surface area contributed by atoms with Crippen LogP contribution < -0.4 is 0 Å². The molecule has 1 N–H and O–H groups in total. The maximum Gasteiger partial charge on any atom is 0.145 e. The van der Waals surface area contributed by atoms with Crippen molar-refractivity contribution in [3.05, 3.63) is 64.2 Å². The van der Waals surface area contributed by atoms with Crippen molar-refractivity contribution >= 4 is 11.6 Å². The molecule has 2 atom stereocenters. The molecule has 0 fully saturated rings. The Morgan fingerprint density at radius 2 is 1.92 bits per heavy atom. The fourth-order valence-corrected chi connectivity index (χ4v) is 3.30. The number of pyridine rings is 1. The second-order valence-corrected chi connectivity index (χ2v) is 7.83. The van der Waals surface area contributed by atoms with Gasteiger partial charge in [-0.1, -0.05) is 57.5 Å². The van der Waals surface area contributed by atoms with Crippen LogP contribution in [0.2, 0.25) is 5.02 Å². The average molecular weight is 350 g/mol. The molecule has 0 bridgehead atoms. The van der Waals surface area contributed by atoms with Crippen molar-refractivity contribution < 1.29 is 9.50 Å². The number of hydrogen-bond acceptors (Lipinski definition) is 2. The highest BCUT2D eigenvalue weighted by Crippen LogP contribution is 2.36. The van der Waals surface area contributed by atoms with Gasteiger partial charge in [0.2, 0.25) is 0 Å². The van der Waals surface area contributed by atoms with Crippen molar-refractivity contribution in [1.82, 2.24) is 4.98 Å². The summed E-state index contributed by atoms with van der Waals surface area (Å²) in [6.07, 6.45) is 2.24. The van der Waals surface area contributed by atoms with Crippen molar-refractivity contribution in [3.8, 4) is 0 Å². The summed E-state index contributed by atoms with van der Waals surface area (Å²) in [5.41, 5.74) is 2.44. The molecule has 1 aromatic heterocycles. The summed E-state index contributed by atoms with van der Waals surface area (Å²) in [4.78, 5) is 4.54. The fraction of sp³-hybridized carbons (Fsp3) is 0.450. The number of benzene rings is 1. The molecule has 4 heteroatoms. The number of aromatic nitrogens is 1. The first-order chi connectivity index (χ1) is 11.2. The Balaban J connectivity index is 2.17. The van der Waals surface area contributed by atoms with E-state index in [0.717, 1.165) is 11.3 Å². The molecule has 1 unspecified atom stereocenters. The monoisotopic (exact) mass is 349 g/mol. The van der Waals surface area contributed by atoms with Crippen molar-refractivity contribution in [1.29, 1.82) is 0 Å². The van der Waals surface area contributed by atoms with Gasteiger partial charge >= 0.3 is 0 Å². The molecule has 0 aliphatic carbocycles. The quantitative estimate of drug-likeness (QED) is 0.802. The van der Waals surface area contributed by atoms with Crippen LogP contribution in [0.4, 0.5) is 4.39 Å². The Bertz CT molecular complexity index is 679. The van der Waals surface area contributed by atoms with Crippen LogP contribution in [0.5, 0.6) is 0 Å². The van der Waals surface area contributed by atoms with E-state index in [1.165, 1.54) is 0 Å². The normalized spacial score (nSPS) is 14.5. The molecule has 0 aliphatic rings. The zero-order valence-electron chi connectivity index (χ0n) is 14.7. The van der Waals surface area contributed by atoms with Crippen LogP contribution in [-0.4, -0.2) is 16.7 Å². The van der Waals surface area contributed by atoms with E-state index in [0.29, 0.717) is 12.0 Å². The summed E-state index contributed by atoms with van der Waals surface area (Å²) >= 11 is 5.83. The Hall–Kier alpha value is -1.45. The van der Waals surface area contributed by atoms with Gasteiger partial charge in [0.05, 0.1) is 5.02 Å². The summed E-state index contributed by atoms with van der Waals surface area (Å²) < 4.78 is 14.0. The number of nitrogens with zero attached hydrogens (tertiary/aromatic N) is 1. The molecule has 0 saturated carbocycles. The predicted molar refractivity (Wildman–Crippen MR) is 96.9 cm³/mol. The van der Waals surface area contributed by atoms with Gasteiger partial charge < -0.3 is 5.11 Å². The lowest BCUT2D eigenvalue weighted by Crippen LogP contribution is -2.29. The molecule has 0 radical (unpaired) electrons. The summed E-state index contributed by atoms with van der Waals surface area (Å²) in [7, 11) is 0. The third-order valence-corrected chi connectivity index (χ3v) is 4.94. The smallest absolute Gasteiger partial charge is 0.145 e. The first-order valence-electron chi connectivity index (χ1n) is 8.22. The first kappa shape index (κ1) is 18.9. The van der Waals surface area contributed by atoms with Gasteiger partial charge in [-0.05, 0) is 34.6 Å². The molecule has 1 aromatic carbocycles. The Morgan fingerprint density at radius 3 is 2.46 bits per heavy atom. The second kappa shape index (κ2) is 7.62. The van der Waals surface area contributed by atoms with E-state index in [9.17, 15) is 9.50 Å². The van der Waals surface area contributed by atoms with Gasteiger partial charge in [-0.2, -0.15) is 0 Å². The lowest BCUT2D eigenvalue weighted by molar-refractivity contribution is 0.110. The summed E-state index contributed by atoms with van der Waals surface area (Å²) in [5.74, 6) is -0.0992. The predicted octanol–water partition coefficient (Wildman–Crippen LogP) is 5.22. The number of aliphatic hydroxyl groups excluding tert-OH is 1. The summed E-state index contributed by atoms with van der Waals surface area (Å²) in [6, 6.07) is 8.97. The number of rotatable bonds is 5. The van der Waals surface area contributed by atoms with Crippen LogP contribution in [0.15, 0.2) is 36.5 Å². The number of aliphatic hydroxyl groups is 1. The van der Waals surface area contributed by atoms with E-state index in [1.54, 1.807) is 24.4 Å². The molecular weight excluding hydrogens is 325 g/mol. The van der Waals surface area contributed by atoms with Gasteiger partial charge in [-0.15, -0.1) is 0 Å². The van der Waals surface area contributed by atoms with E-state index < -0.39 is 0 Å². The van der Waals surface area contributed by atoms with Crippen molar-refractivity contribution in [2.45, 2.75) is 40.0 Å². The molecule has 130 valence electrons. The van der Waals surface area contributed by atoms with E-state index >= 15 is 0 Å². The van der Waals surface area contributed by atoms with Gasteiger partial charge in [0.15, 0.2) is 0 Å². The topological polar surface area (TPSA) is 33.1 Å². The Morgan fingerprint density at radius 1 is 1.21 bits per heavy atom. The minimum absolute atomic E-state index is 0.00155. The van der Waals surface area contributed by atoms with Gasteiger partial charge in [-0.25, -0.2) is 4.39 Å². The first-order valence-corrected chi connectivity index (χ1v) is 8.60. The van der Waals surface area contributed by atoms with E-state index in [2.05, 4.69) is 32.7 Å². The van der Waals surface area contributed by atoms with Crippen LogP contribution in [0.25, 0.3) is 0 Å². The minimum Gasteiger partial charge on any atom is -0.396 e.